The van der Waals surface area contributed by atoms with Gasteiger partial charge in [-0.25, -0.2) is 9.18 Å². The van der Waals surface area contributed by atoms with Crippen LogP contribution in [-0.4, -0.2) is 48.0 Å². The maximum absolute atomic E-state index is 13.0. The normalized spacial score (nSPS) is 16.6. The molecule has 25 heavy (non-hydrogen) atoms. The summed E-state index contributed by atoms with van der Waals surface area (Å²) in [5, 5.41) is 2.91. The molecule has 1 aliphatic heterocycles. The summed E-state index contributed by atoms with van der Waals surface area (Å²) in [7, 11) is 1.62. The second-order valence-electron chi connectivity index (χ2n) is 5.94. The molecule has 1 saturated heterocycles. The molecule has 1 aromatic carbocycles. The van der Waals surface area contributed by atoms with E-state index in [0.717, 1.165) is 0 Å². The molecular weight excluding hydrogens is 323 g/mol. The Kier molecular flexibility index (Phi) is 4.92. The third kappa shape index (κ3) is 3.93. The van der Waals surface area contributed by atoms with Crippen molar-refractivity contribution in [3.8, 4) is 0 Å². The minimum Gasteiger partial charge on any atom is -0.335 e. The molecule has 0 saturated carbocycles. The number of carbonyl (C=O) groups is 2. The van der Waals surface area contributed by atoms with Crippen molar-refractivity contribution in [1.29, 1.82) is 0 Å². The zero-order valence-corrected chi connectivity index (χ0v) is 13.9. The van der Waals surface area contributed by atoms with Gasteiger partial charge >= 0.3 is 6.03 Å². The Morgan fingerprint density at radius 2 is 2.00 bits per heavy atom. The summed E-state index contributed by atoms with van der Waals surface area (Å²) in [6.07, 6.45) is 2.27. The number of likely N-dealkylation sites (tertiary alicyclic amines) is 1. The van der Waals surface area contributed by atoms with Crippen LogP contribution in [0.2, 0.25) is 0 Å². The molecule has 0 spiro atoms. The molecule has 2 aromatic rings. The predicted molar refractivity (Wildman–Crippen MR) is 91.9 cm³/mol. The summed E-state index contributed by atoms with van der Waals surface area (Å²) >= 11 is 0. The summed E-state index contributed by atoms with van der Waals surface area (Å²) in [4.78, 5) is 31.9. The van der Waals surface area contributed by atoms with Gasteiger partial charge in [-0.1, -0.05) is 6.07 Å². The lowest BCUT2D eigenvalue weighted by molar-refractivity contribution is 0.0783. The fraction of sp³-hybridized carbons (Fsp3) is 0.278. The summed E-state index contributed by atoms with van der Waals surface area (Å²) in [6, 6.07) is 10.5. The number of carbonyl (C=O) groups excluding carboxylic acids is 2. The van der Waals surface area contributed by atoms with Gasteiger partial charge in [-0.05, 0) is 42.8 Å². The second-order valence-corrected chi connectivity index (χ2v) is 5.94. The van der Waals surface area contributed by atoms with Crippen LogP contribution in [0.4, 0.5) is 14.9 Å². The molecule has 1 N–H and O–H groups in total. The number of anilines is 1. The van der Waals surface area contributed by atoms with Gasteiger partial charge in [-0.15, -0.1) is 0 Å². The first-order valence-corrected chi connectivity index (χ1v) is 8.04. The fourth-order valence-electron chi connectivity index (χ4n) is 2.77. The number of hydrogen-bond acceptors (Lipinski definition) is 3. The molecule has 1 fully saturated rings. The number of urea groups is 1. The molecule has 7 heteroatoms. The number of nitrogens with zero attached hydrogens (tertiary/aromatic N) is 3. The number of benzene rings is 1. The van der Waals surface area contributed by atoms with E-state index in [1.165, 1.54) is 17.0 Å². The van der Waals surface area contributed by atoms with Crippen molar-refractivity contribution in [1.82, 2.24) is 15.2 Å². The Morgan fingerprint density at radius 1 is 1.24 bits per heavy atom. The molecule has 6 nitrogen and oxygen atoms in total. The summed E-state index contributed by atoms with van der Waals surface area (Å²) in [6.45, 7) is 1.01. The van der Waals surface area contributed by atoms with E-state index in [2.05, 4.69) is 10.3 Å². The average molecular weight is 342 g/mol. The highest BCUT2D eigenvalue weighted by atomic mass is 19.1. The van der Waals surface area contributed by atoms with E-state index in [1.807, 2.05) is 0 Å². The van der Waals surface area contributed by atoms with Crippen LogP contribution in [0.5, 0.6) is 0 Å². The molecule has 0 bridgehead atoms. The van der Waals surface area contributed by atoms with E-state index in [-0.39, 0.29) is 23.8 Å². The topological polar surface area (TPSA) is 65.5 Å². The van der Waals surface area contributed by atoms with Gasteiger partial charge in [0.1, 0.15) is 11.5 Å². The maximum atomic E-state index is 13.0. The quantitative estimate of drug-likeness (QED) is 0.931. The lowest BCUT2D eigenvalue weighted by Crippen LogP contribution is -2.44. The van der Waals surface area contributed by atoms with Crippen LogP contribution >= 0.6 is 0 Å². The molecule has 3 rings (SSSR count). The Labute approximate surface area is 145 Å². The minimum absolute atomic E-state index is 0.122. The predicted octanol–water partition coefficient (Wildman–Crippen LogP) is 2.28. The summed E-state index contributed by atoms with van der Waals surface area (Å²) in [5.41, 5.74) is 0.997. The first kappa shape index (κ1) is 16.9. The van der Waals surface area contributed by atoms with Gasteiger partial charge in [0.15, 0.2) is 0 Å². The van der Waals surface area contributed by atoms with E-state index in [9.17, 15) is 14.0 Å². The van der Waals surface area contributed by atoms with Crippen molar-refractivity contribution in [2.75, 3.05) is 25.0 Å². The molecule has 1 aromatic heterocycles. The standard InChI is InChI=1S/C18H19FN4O2/c1-22(15-7-5-13(19)6-8-15)18(25)21-14-9-11-23(12-14)17(24)16-4-2-3-10-20-16/h2-8,10,14H,9,11-12H2,1H3,(H,21,25)/t14-/m0/s1. The van der Waals surface area contributed by atoms with Gasteiger partial charge < -0.3 is 10.2 Å². The van der Waals surface area contributed by atoms with Gasteiger partial charge in [0, 0.05) is 38.1 Å². The summed E-state index contributed by atoms with van der Waals surface area (Å²) < 4.78 is 13.0. The second kappa shape index (κ2) is 7.29. The lowest BCUT2D eigenvalue weighted by atomic mass is 10.2. The van der Waals surface area contributed by atoms with Gasteiger partial charge in [0.25, 0.3) is 5.91 Å². The van der Waals surface area contributed by atoms with Crippen molar-refractivity contribution < 1.29 is 14.0 Å². The molecule has 1 aliphatic rings. The minimum atomic E-state index is -0.350. The number of halogens is 1. The Balaban J connectivity index is 1.56. The van der Waals surface area contributed by atoms with Crippen LogP contribution in [-0.2, 0) is 0 Å². The Bertz CT molecular complexity index is 751. The van der Waals surface area contributed by atoms with E-state index >= 15 is 0 Å². The van der Waals surface area contributed by atoms with E-state index in [1.54, 1.807) is 48.5 Å². The third-order valence-electron chi connectivity index (χ3n) is 4.21. The first-order chi connectivity index (χ1) is 12.0. The summed E-state index contributed by atoms with van der Waals surface area (Å²) in [5.74, 6) is -0.485. The van der Waals surface area contributed by atoms with Crippen LogP contribution in [0.3, 0.4) is 0 Å². The fourth-order valence-corrected chi connectivity index (χ4v) is 2.77. The van der Waals surface area contributed by atoms with Crippen molar-refractivity contribution in [2.24, 2.45) is 0 Å². The monoisotopic (exact) mass is 342 g/mol. The molecular formula is C18H19FN4O2. The smallest absolute Gasteiger partial charge is 0.321 e. The van der Waals surface area contributed by atoms with E-state index < -0.39 is 0 Å². The molecule has 130 valence electrons. The van der Waals surface area contributed by atoms with Crippen LogP contribution in [0.25, 0.3) is 0 Å². The van der Waals surface area contributed by atoms with Gasteiger partial charge in [0.2, 0.25) is 0 Å². The molecule has 3 amide bonds. The number of nitrogens with one attached hydrogen (secondary N) is 1. The zero-order chi connectivity index (χ0) is 17.8. The lowest BCUT2D eigenvalue weighted by Gasteiger charge is -2.21. The average Bonchev–Trinajstić information content (AvgIpc) is 3.10. The molecule has 1 atom stereocenters. The van der Waals surface area contributed by atoms with Crippen molar-refractivity contribution in [3.05, 3.63) is 60.2 Å². The maximum Gasteiger partial charge on any atom is 0.321 e. The van der Waals surface area contributed by atoms with Crippen molar-refractivity contribution in [3.63, 3.8) is 0 Å². The third-order valence-corrected chi connectivity index (χ3v) is 4.21. The molecule has 2 heterocycles. The zero-order valence-electron chi connectivity index (χ0n) is 13.9. The van der Waals surface area contributed by atoms with E-state index in [0.29, 0.717) is 30.9 Å². The highest BCUT2D eigenvalue weighted by Gasteiger charge is 2.29. The number of pyridine rings is 1. The first-order valence-electron chi connectivity index (χ1n) is 8.04. The Hall–Kier alpha value is -2.96. The Morgan fingerprint density at radius 3 is 2.68 bits per heavy atom. The number of aromatic nitrogens is 1. The van der Waals surface area contributed by atoms with Crippen molar-refractivity contribution in [2.45, 2.75) is 12.5 Å². The molecule has 0 radical (unpaired) electrons. The highest BCUT2D eigenvalue weighted by molar-refractivity contribution is 5.93. The van der Waals surface area contributed by atoms with Crippen LogP contribution in [0.1, 0.15) is 16.9 Å². The van der Waals surface area contributed by atoms with Crippen LogP contribution in [0.15, 0.2) is 48.7 Å². The molecule has 0 unspecified atom stereocenters. The SMILES string of the molecule is CN(C(=O)N[C@H]1CCN(C(=O)c2ccccn2)C1)c1ccc(F)cc1. The van der Waals surface area contributed by atoms with Crippen LogP contribution in [0, 0.1) is 5.82 Å². The van der Waals surface area contributed by atoms with Gasteiger partial charge in [-0.2, -0.15) is 0 Å². The van der Waals surface area contributed by atoms with E-state index in [4.69, 9.17) is 0 Å². The number of amides is 3. The molecule has 0 aliphatic carbocycles. The highest BCUT2D eigenvalue weighted by Crippen LogP contribution is 2.16. The number of hydrogen-bond donors (Lipinski definition) is 1. The largest absolute Gasteiger partial charge is 0.335 e. The van der Waals surface area contributed by atoms with Crippen molar-refractivity contribution >= 4 is 17.6 Å². The van der Waals surface area contributed by atoms with Gasteiger partial charge in [0.05, 0.1) is 0 Å². The van der Waals surface area contributed by atoms with Crippen LogP contribution < -0.4 is 10.2 Å². The number of rotatable bonds is 3. The van der Waals surface area contributed by atoms with Gasteiger partial charge in [-0.3, -0.25) is 14.7 Å².